The first-order valence-electron chi connectivity index (χ1n) is 7.88. The molecule has 0 radical (unpaired) electrons. The van der Waals surface area contributed by atoms with E-state index in [9.17, 15) is 9.59 Å². The molecule has 1 saturated heterocycles. The second-order valence-corrected chi connectivity index (χ2v) is 7.39. The van der Waals surface area contributed by atoms with Crippen molar-refractivity contribution in [2.24, 2.45) is 0 Å². The molecule has 24 heavy (non-hydrogen) atoms. The lowest BCUT2D eigenvalue weighted by molar-refractivity contribution is 0.00656. The first-order chi connectivity index (χ1) is 11.2. The average molecular weight is 353 g/mol. The maximum absolute atomic E-state index is 12.7. The number of rotatable bonds is 1. The van der Waals surface area contributed by atoms with Gasteiger partial charge in [-0.15, -0.1) is 0 Å². The van der Waals surface area contributed by atoms with Crippen molar-refractivity contribution in [2.45, 2.75) is 32.4 Å². The lowest BCUT2D eigenvalue weighted by atomic mass is 10.0. The molecule has 2 aliphatic rings. The lowest BCUT2D eigenvalue weighted by Crippen LogP contribution is -2.50. The standard InChI is InChI=1S/C17H21ClN2O4/c1-17(2,3)24-16(22)19-7-8-20-12(9-19)10-5-6-11(18)14(23-4)13(10)15(20)21/h5-6,12H,7-9H2,1-4H3/t12-/m1/s1. The molecule has 1 fully saturated rings. The monoisotopic (exact) mass is 352 g/mol. The first kappa shape index (κ1) is 16.9. The second kappa shape index (κ2) is 5.84. The van der Waals surface area contributed by atoms with Crippen LogP contribution < -0.4 is 4.74 Å². The quantitative estimate of drug-likeness (QED) is 0.779. The summed E-state index contributed by atoms with van der Waals surface area (Å²) in [7, 11) is 1.50. The molecule has 6 nitrogen and oxygen atoms in total. The Kier molecular flexibility index (Phi) is 4.11. The topological polar surface area (TPSA) is 59.1 Å². The molecule has 0 N–H and O–H groups in total. The number of carbonyl (C=O) groups is 2. The molecular weight excluding hydrogens is 332 g/mol. The van der Waals surface area contributed by atoms with Crippen LogP contribution in [0.4, 0.5) is 4.79 Å². The minimum absolute atomic E-state index is 0.0989. The molecule has 0 spiro atoms. The molecule has 0 aliphatic carbocycles. The maximum atomic E-state index is 12.7. The van der Waals surface area contributed by atoms with Crippen LogP contribution in [-0.4, -0.2) is 54.1 Å². The smallest absolute Gasteiger partial charge is 0.410 e. The summed E-state index contributed by atoms with van der Waals surface area (Å²) in [6, 6.07) is 3.36. The molecule has 2 aliphatic heterocycles. The van der Waals surface area contributed by atoms with Gasteiger partial charge in [0.15, 0.2) is 5.75 Å². The number of benzene rings is 1. The van der Waals surface area contributed by atoms with Gasteiger partial charge in [0.1, 0.15) is 5.60 Å². The van der Waals surface area contributed by atoms with E-state index in [-0.39, 0.29) is 18.0 Å². The number of halogens is 1. The third kappa shape index (κ3) is 2.79. The number of amides is 2. The zero-order valence-corrected chi connectivity index (χ0v) is 15.0. The minimum Gasteiger partial charge on any atom is -0.494 e. The third-order valence-corrected chi connectivity index (χ3v) is 4.51. The molecule has 130 valence electrons. The van der Waals surface area contributed by atoms with Gasteiger partial charge in [-0.3, -0.25) is 4.79 Å². The molecule has 0 aromatic heterocycles. The Bertz CT molecular complexity index is 699. The van der Waals surface area contributed by atoms with E-state index >= 15 is 0 Å². The van der Waals surface area contributed by atoms with Crippen LogP contribution in [0, 0.1) is 0 Å². The largest absolute Gasteiger partial charge is 0.494 e. The van der Waals surface area contributed by atoms with Crippen LogP contribution in [0.1, 0.15) is 42.7 Å². The summed E-state index contributed by atoms with van der Waals surface area (Å²) >= 11 is 6.14. The highest BCUT2D eigenvalue weighted by Gasteiger charge is 2.44. The predicted molar refractivity (Wildman–Crippen MR) is 89.6 cm³/mol. The van der Waals surface area contributed by atoms with Crippen LogP contribution >= 0.6 is 11.6 Å². The number of ether oxygens (including phenoxy) is 2. The zero-order valence-electron chi connectivity index (χ0n) is 14.3. The van der Waals surface area contributed by atoms with Crippen molar-refractivity contribution >= 4 is 23.6 Å². The average Bonchev–Trinajstić information content (AvgIpc) is 2.78. The minimum atomic E-state index is -0.547. The predicted octanol–water partition coefficient (Wildman–Crippen LogP) is 3.10. The summed E-state index contributed by atoms with van der Waals surface area (Å²) in [4.78, 5) is 28.5. The SMILES string of the molecule is COc1c(Cl)ccc2c1C(=O)N1CCN(C(=O)OC(C)(C)C)C[C@H]21. The van der Waals surface area contributed by atoms with E-state index in [1.807, 2.05) is 26.8 Å². The Balaban J connectivity index is 1.89. The highest BCUT2D eigenvalue weighted by molar-refractivity contribution is 6.33. The van der Waals surface area contributed by atoms with Gasteiger partial charge < -0.3 is 19.3 Å². The van der Waals surface area contributed by atoms with E-state index < -0.39 is 5.60 Å². The number of carbonyl (C=O) groups excluding carboxylic acids is 2. The van der Waals surface area contributed by atoms with Crippen LogP contribution in [0.15, 0.2) is 12.1 Å². The number of methoxy groups -OCH3 is 1. The van der Waals surface area contributed by atoms with E-state index in [0.717, 1.165) is 5.56 Å². The second-order valence-electron chi connectivity index (χ2n) is 6.99. The van der Waals surface area contributed by atoms with Gasteiger partial charge in [-0.25, -0.2) is 4.79 Å². The van der Waals surface area contributed by atoms with Gasteiger partial charge in [0.2, 0.25) is 0 Å². The van der Waals surface area contributed by atoms with Crippen molar-refractivity contribution in [2.75, 3.05) is 26.7 Å². The number of hydrogen-bond donors (Lipinski definition) is 0. The molecule has 1 atom stereocenters. The van der Waals surface area contributed by atoms with E-state index in [4.69, 9.17) is 21.1 Å². The van der Waals surface area contributed by atoms with Crippen LogP contribution in [0.5, 0.6) is 5.75 Å². The van der Waals surface area contributed by atoms with Crippen molar-refractivity contribution in [1.82, 2.24) is 9.80 Å². The van der Waals surface area contributed by atoms with E-state index in [1.54, 1.807) is 15.9 Å². The molecular formula is C17H21ClN2O4. The van der Waals surface area contributed by atoms with Crippen LogP contribution in [-0.2, 0) is 4.74 Å². The number of fused-ring (bicyclic) bond motifs is 3. The third-order valence-electron chi connectivity index (χ3n) is 4.21. The highest BCUT2D eigenvalue weighted by atomic mass is 35.5. The number of nitrogens with zero attached hydrogens (tertiary/aromatic N) is 2. The highest BCUT2D eigenvalue weighted by Crippen LogP contribution is 2.43. The summed E-state index contributed by atoms with van der Waals surface area (Å²) in [6.45, 7) is 6.81. The zero-order chi connectivity index (χ0) is 17.6. The Morgan fingerprint density at radius 2 is 2.00 bits per heavy atom. The summed E-state index contributed by atoms with van der Waals surface area (Å²) in [5.74, 6) is 0.301. The Hall–Kier alpha value is -1.95. The van der Waals surface area contributed by atoms with Gasteiger partial charge in [-0.05, 0) is 32.4 Å². The van der Waals surface area contributed by atoms with Crippen molar-refractivity contribution in [3.63, 3.8) is 0 Å². The summed E-state index contributed by atoms with van der Waals surface area (Å²) in [6.07, 6.45) is -0.357. The van der Waals surface area contributed by atoms with Crippen LogP contribution in [0.3, 0.4) is 0 Å². The van der Waals surface area contributed by atoms with E-state index in [0.29, 0.717) is 36.0 Å². The molecule has 1 aromatic carbocycles. The lowest BCUT2D eigenvalue weighted by Gasteiger charge is -2.38. The Morgan fingerprint density at radius 3 is 2.62 bits per heavy atom. The van der Waals surface area contributed by atoms with Crippen molar-refractivity contribution in [1.29, 1.82) is 0 Å². The van der Waals surface area contributed by atoms with E-state index in [1.165, 1.54) is 7.11 Å². The molecule has 0 saturated carbocycles. The van der Waals surface area contributed by atoms with Crippen molar-refractivity contribution in [3.05, 3.63) is 28.3 Å². The van der Waals surface area contributed by atoms with Gasteiger partial charge in [0.05, 0.1) is 23.7 Å². The molecule has 2 amide bonds. The molecule has 1 aromatic rings. The fourth-order valence-electron chi connectivity index (χ4n) is 3.20. The van der Waals surface area contributed by atoms with Crippen molar-refractivity contribution in [3.8, 4) is 5.75 Å². The summed E-state index contributed by atoms with van der Waals surface area (Å²) < 4.78 is 10.8. The molecule has 2 heterocycles. The molecule has 0 bridgehead atoms. The van der Waals surface area contributed by atoms with Crippen molar-refractivity contribution < 1.29 is 19.1 Å². The normalized spacial score (nSPS) is 19.9. The Labute approximate surface area is 146 Å². The molecule has 0 unspecified atom stereocenters. The van der Waals surface area contributed by atoms with Gasteiger partial charge >= 0.3 is 6.09 Å². The van der Waals surface area contributed by atoms with Gasteiger partial charge in [-0.1, -0.05) is 17.7 Å². The summed E-state index contributed by atoms with van der Waals surface area (Å²) in [5, 5.41) is 0.411. The number of hydrogen-bond acceptors (Lipinski definition) is 4. The van der Waals surface area contributed by atoms with Crippen LogP contribution in [0.2, 0.25) is 5.02 Å². The van der Waals surface area contributed by atoms with Gasteiger partial charge in [0, 0.05) is 19.6 Å². The van der Waals surface area contributed by atoms with Gasteiger partial charge in [-0.2, -0.15) is 0 Å². The van der Waals surface area contributed by atoms with E-state index in [2.05, 4.69) is 0 Å². The fraction of sp³-hybridized carbons (Fsp3) is 0.529. The number of piperazine rings is 1. The molecule has 7 heteroatoms. The molecule has 3 rings (SSSR count). The van der Waals surface area contributed by atoms with Crippen LogP contribution in [0.25, 0.3) is 0 Å². The first-order valence-corrected chi connectivity index (χ1v) is 8.26. The fourth-order valence-corrected chi connectivity index (χ4v) is 3.43. The maximum Gasteiger partial charge on any atom is 0.410 e. The van der Waals surface area contributed by atoms with Gasteiger partial charge in [0.25, 0.3) is 5.91 Å². The Morgan fingerprint density at radius 1 is 1.29 bits per heavy atom. The summed E-state index contributed by atoms with van der Waals surface area (Å²) in [5.41, 5.74) is 0.796.